The largest absolute Gasteiger partial charge is 0.396 e. The van der Waals surface area contributed by atoms with Crippen LogP contribution in [-0.2, 0) is 0 Å². The smallest absolute Gasteiger partial charge is 0.130 e. The average molecular weight is 233 g/mol. The summed E-state index contributed by atoms with van der Waals surface area (Å²) >= 11 is 0. The molecule has 0 aromatic heterocycles. The summed E-state index contributed by atoms with van der Waals surface area (Å²) in [5, 5.41) is 15.4. The Morgan fingerprint density at radius 1 is 1.35 bits per heavy atom. The Hall–Kier alpha value is -1.55. The number of nitrogens with one attached hydrogen (secondary N) is 2. The fourth-order valence-electron chi connectivity index (χ4n) is 1.86. The molecule has 0 spiro atoms. The van der Waals surface area contributed by atoms with Crippen LogP contribution >= 0.6 is 0 Å². The van der Waals surface area contributed by atoms with Gasteiger partial charge in [0.25, 0.3) is 0 Å². The molecule has 3 N–H and O–H groups in total. The van der Waals surface area contributed by atoms with Crippen LogP contribution in [-0.4, -0.2) is 37.2 Å². The monoisotopic (exact) mass is 233 g/mol. The molecule has 0 amide bonds. The first-order valence-corrected chi connectivity index (χ1v) is 6.14. The number of hydrogen-bond donors (Lipinski definition) is 3. The summed E-state index contributed by atoms with van der Waals surface area (Å²) in [5.74, 6) is 0.975. The summed E-state index contributed by atoms with van der Waals surface area (Å²) in [5.41, 5.74) is 2.19. The molecule has 0 saturated heterocycles. The van der Waals surface area contributed by atoms with Crippen LogP contribution in [0.2, 0.25) is 0 Å². The van der Waals surface area contributed by atoms with Gasteiger partial charge in [-0.15, -0.1) is 0 Å². The lowest BCUT2D eigenvalue weighted by molar-refractivity contribution is 0.292. The van der Waals surface area contributed by atoms with E-state index in [1.807, 2.05) is 18.2 Å². The number of aliphatic imine (C=N–C) groups is 1. The molecule has 1 heterocycles. The quantitative estimate of drug-likeness (QED) is 0.670. The van der Waals surface area contributed by atoms with E-state index in [0.717, 1.165) is 49.6 Å². The Labute approximate surface area is 102 Å². The fourth-order valence-corrected chi connectivity index (χ4v) is 1.86. The van der Waals surface area contributed by atoms with E-state index in [-0.39, 0.29) is 6.61 Å². The number of aliphatic hydroxyl groups excluding tert-OH is 1. The molecule has 0 fully saturated rings. The van der Waals surface area contributed by atoms with Gasteiger partial charge in [0.1, 0.15) is 5.84 Å². The van der Waals surface area contributed by atoms with E-state index < -0.39 is 0 Å². The Morgan fingerprint density at radius 2 is 2.24 bits per heavy atom. The van der Waals surface area contributed by atoms with Crippen molar-refractivity contribution >= 4 is 11.5 Å². The Bertz CT molecular complexity index is 390. The van der Waals surface area contributed by atoms with E-state index in [4.69, 9.17) is 5.11 Å². The lowest BCUT2D eigenvalue weighted by Gasteiger charge is -2.18. The number of aliphatic hydroxyl groups is 1. The highest BCUT2D eigenvalue weighted by atomic mass is 16.3. The maximum Gasteiger partial charge on any atom is 0.130 e. The minimum Gasteiger partial charge on any atom is -0.396 e. The van der Waals surface area contributed by atoms with Crippen molar-refractivity contribution in [2.75, 3.05) is 31.6 Å². The van der Waals surface area contributed by atoms with Crippen molar-refractivity contribution in [2.24, 2.45) is 4.99 Å². The van der Waals surface area contributed by atoms with Crippen molar-refractivity contribution in [3.8, 4) is 0 Å². The summed E-state index contributed by atoms with van der Waals surface area (Å²) in [6, 6.07) is 8.14. The van der Waals surface area contributed by atoms with Crippen LogP contribution in [0.4, 0.5) is 5.69 Å². The second-order valence-electron chi connectivity index (χ2n) is 4.06. The van der Waals surface area contributed by atoms with Gasteiger partial charge >= 0.3 is 0 Å². The zero-order chi connectivity index (χ0) is 11.9. The molecule has 1 aromatic carbocycles. The van der Waals surface area contributed by atoms with Gasteiger partial charge in [-0.1, -0.05) is 12.1 Å². The molecule has 0 bridgehead atoms. The van der Waals surface area contributed by atoms with Crippen molar-refractivity contribution < 1.29 is 5.11 Å². The number of anilines is 1. The van der Waals surface area contributed by atoms with Crippen LogP contribution in [0, 0.1) is 0 Å². The van der Waals surface area contributed by atoms with Crippen molar-refractivity contribution in [1.29, 1.82) is 0 Å². The molecule has 17 heavy (non-hydrogen) atoms. The summed E-state index contributed by atoms with van der Waals surface area (Å²) in [6.45, 7) is 2.88. The molecule has 1 aromatic rings. The molecule has 0 atom stereocenters. The summed E-state index contributed by atoms with van der Waals surface area (Å²) in [6.07, 6.45) is 1.86. The zero-order valence-corrected chi connectivity index (χ0v) is 9.95. The number of amidine groups is 1. The molecule has 0 aliphatic carbocycles. The van der Waals surface area contributed by atoms with E-state index in [1.165, 1.54) is 0 Å². The zero-order valence-electron chi connectivity index (χ0n) is 9.95. The standard InChI is InChI=1S/C13H19N3O/c17-10-4-9-14-12-6-2-1-5-11(12)13-15-7-3-8-16-13/h1-2,5-6,14,17H,3-4,7-10H2,(H,15,16). The Balaban J connectivity index is 2.12. The van der Waals surface area contributed by atoms with E-state index in [2.05, 4.69) is 21.7 Å². The number of hydrogen-bond acceptors (Lipinski definition) is 4. The van der Waals surface area contributed by atoms with E-state index in [9.17, 15) is 0 Å². The first kappa shape index (κ1) is 11.9. The number of para-hydroxylation sites is 1. The lowest BCUT2D eigenvalue weighted by atomic mass is 10.1. The maximum atomic E-state index is 8.79. The van der Waals surface area contributed by atoms with E-state index in [0.29, 0.717) is 0 Å². The van der Waals surface area contributed by atoms with Crippen LogP contribution in [0.15, 0.2) is 29.3 Å². The number of nitrogens with zero attached hydrogens (tertiary/aromatic N) is 1. The molecule has 0 saturated carbocycles. The normalized spacial score (nSPS) is 15.0. The Morgan fingerprint density at radius 3 is 3.00 bits per heavy atom. The third-order valence-electron chi connectivity index (χ3n) is 2.73. The second-order valence-corrected chi connectivity index (χ2v) is 4.06. The van der Waals surface area contributed by atoms with Gasteiger partial charge in [0.05, 0.1) is 0 Å². The fraction of sp³-hybridized carbons (Fsp3) is 0.462. The van der Waals surface area contributed by atoms with Crippen LogP contribution in [0.25, 0.3) is 0 Å². The molecule has 2 rings (SSSR count). The SMILES string of the molecule is OCCCNc1ccccc1C1=NCCCN1. The van der Waals surface area contributed by atoms with Crippen molar-refractivity contribution in [3.05, 3.63) is 29.8 Å². The van der Waals surface area contributed by atoms with Gasteiger partial charge in [0.2, 0.25) is 0 Å². The topological polar surface area (TPSA) is 56.6 Å². The second kappa shape index (κ2) is 6.25. The molecule has 1 aliphatic heterocycles. The molecular formula is C13H19N3O. The van der Waals surface area contributed by atoms with Crippen LogP contribution in [0.1, 0.15) is 18.4 Å². The van der Waals surface area contributed by atoms with Gasteiger partial charge in [0.15, 0.2) is 0 Å². The molecule has 4 heteroatoms. The van der Waals surface area contributed by atoms with Crippen molar-refractivity contribution in [3.63, 3.8) is 0 Å². The average Bonchev–Trinajstić information content (AvgIpc) is 2.41. The van der Waals surface area contributed by atoms with Gasteiger partial charge in [-0.25, -0.2) is 0 Å². The minimum atomic E-state index is 0.217. The van der Waals surface area contributed by atoms with Gasteiger partial charge in [-0.2, -0.15) is 0 Å². The highest BCUT2D eigenvalue weighted by Crippen LogP contribution is 2.16. The minimum absolute atomic E-state index is 0.217. The first-order chi connectivity index (χ1) is 8.42. The molecule has 1 aliphatic rings. The van der Waals surface area contributed by atoms with Gasteiger partial charge in [-0.05, 0) is 25.0 Å². The van der Waals surface area contributed by atoms with Gasteiger partial charge in [0, 0.05) is 37.5 Å². The highest BCUT2D eigenvalue weighted by Gasteiger charge is 2.10. The summed E-state index contributed by atoms with van der Waals surface area (Å²) < 4.78 is 0. The van der Waals surface area contributed by atoms with Crippen LogP contribution in [0.5, 0.6) is 0 Å². The molecule has 0 unspecified atom stereocenters. The highest BCUT2D eigenvalue weighted by molar-refractivity contribution is 6.03. The maximum absolute atomic E-state index is 8.79. The van der Waals surface area contributed by atoms with E-state index in [1.54, 1.807) is 0 Å². The van der Waals surface area contributed by atoms with Crippen LogP contribution in [0.3, 0.4) is 0 Å². The van der Waals surface area contributed by atoms with E-state index >= 15 is 0 Å². The molecular weight excluding hydrogens is 214 g/mol. The third-order valence-corrected chi connectivity index (χ3v) is 2.73. The number of rotatable bonds is 5. The Kier molecular flexibility index (Phi) is 4.38. The molecule has 0 radical (unpaired) electrons. The molecule has 4 nitrogen and oxygen atoms in total. The number of benzene rings is 1. The van der Waals surface area contributed by atoms with Crippen molar-refractivity contribution in [1.82, 2.24) is 5.32 Å². The van der Waals surface area contributed by atoms with Gasteiger partial charge in [-0.3, -0.25) is 4.99 Å². The lowest BCUT2D eigenvalue weighted by Crippen LogP contribution is -2.30. The predicted molar refractivity (Wildman–Crippen MR) is 70.7 cm³/mol. The summed E-state index contributed by atoms with van der Waals surface area (Å²) in [4.78, 5) is 4.50. The summed E-state index contributed by atoms with van der Waals surface area (Å²) in [7, 11) is 0. The van der Waals surface area contributed by atoms with Crippen LogP contribution < -0.4 is 10.6 Å². The third kappa shape index (κ3) is 3.20. The van der Waals surface area contributed by atoms with Gasteiger partial charge < -0.3 is 15.7 Å². The molecule has 92 valence electrons. The van der Waals surface area contributed by atoms with Crippen molar-refractivity contribution in [2.45, 2.75) is 12.8 Å². The first-order valence-electron chi connectivity index (χ1n) is 6.14. The predicted octanol–water partition coefficient (Wildman–Crippen LogP) is 1.22.